The van der Waals surface area contributed by atoms with Crippen molar-refractivity contribution in [1.29, 1.82) is 0 Å². The van der Waals surface area contributed by atoms with Crippen LogP contribution in [0.5, 0.6) is 11.5 Å². The molecule has 0 amide bonds. The third kappa shape index (κ3) is 3.60. The highest BCUT2D eigenvalue weighted by Crippen LogP contribution is 2.24. The minimum absolute atomic E-state index is 0.110. The number of nitrogens with zero attached hydrogens (tertiary/aromatic N) is 1. The number of esters is 1. The van der Waals surface area contributed by atoms with Gasteiger partial charge in [0.1, 0.15) is 11.5 Å². The first kappa shape index (κ1) is 15.3. The van der Waals surface area contributed by atoms with Gasteiger partial charge in [0.05, 0.1) is 7.11 Å². The predicted octanol–water partition coefficient (Wildman–Crippen LogP) is 4.33. The van der Waals surface area contributed by atoms with Gasteiger partial charge in [-0.05, 0) is 48.5 Å². The highest BCUT2D eigenvalue weighted by atomic mass is 79.9. The molecule has 0 spiro atoms. The number of ether oxygens (including phenoxy) is 2. The number of rotatable bonds is 4. The van der Waals surface area contributed by atoms with Crippen molar-refractivity contribution in [3.05, 3.63) is 64.8 Å². The van der Waals surface area contributed by atoms with E-state index >= 15 is 0 Å². The zero-order valence-corrected chi connectivity index (χ0v) is 13.7. The van der Waals surface area contributed by atoms with E-state index in [1.807, 2.05) is 12.1 Å². The fourth-order valence-corrected chi connectivity index (χ4v) is 2.19. The molecule has 116 valence electrons. The Morgan fingerprint density at radius 2 is 1.70 bits per heavy atom. The van der Waals surface area contributed by atoms with Crippen LogP contribution in [0.1, 0.15) is 10.5 Å². The number of hydrogen-bond donors (Lipinski definition) is 0. The summed E-state index contributed by atoms with van der Waals surface area (Å²) >= 11 is 3.32. The standard InChI is InChI=1S/C17H12BrNO4/c1-21-13-6-2-11(3-7-13)16-10-15(19-23-16)17(20)22-14-8-4-12(18)5-9-14/h2-10H,1H3. The Hall–Kier alpha value is -2.60. The maximum Gasteiger partial charge on any atom is 0.365 e. The summed E-state index contributed by atoms with van der Waals surface area (Å²) in [5.41, 5.74) is 0.903. The van der Waals surface area contributed by atoms with Gasteiger partial charge in [0.15, 0.2) is 11.5 Å². The second-order valence-electron chi connectivity index (χ2n) is 4.65. The molecule has 0 aliphatic carbocycles. The van der Waals surface area contributed by atoms with Crippen LogP contribution in [-0.4, -0.2) is 18.2 Å². The minimum atomic E-state index is -0.573. The summed E-state index contributed by atoms with van der Waals surface area (Å²) in [5.74, 6) is 1.08. The molecule has 0 radical (unpaired) electrons. The predicted molar refractivity (Wildman–Crippen MR) is 87.6 cm³/mol. The molecule has 3 rings (SSSR count). The van der Waals surface area contributed by atoms with E-state index in [2.05, 4.69) is 21.1 Å². The number of carbonyl (C=O) groups excluding carboxylic acids is 1. The molecule has 1 heterocycles. The number of hydrogen-bond acceptors (Lipinski definition) is 5. The molecule has 5 nitrogen and oxygen atoms in total. The fourth-order valence-electron chi connectivity index (χ4n) is 1.92. The van der Waals surface area contributed by atoms with Crippen molar-refractivity contribution in [3.63, 3.8) is 0 Å². The Balaban J connectivity index is 1.75. The van der Waals surface area contributed by atoms with Crippen LogP contribution in [0.2, 0.25) is 0 Å². The second-order valence-corrected chi connectivity index (χ2v) is 5.56. The molecule has 0 aliphatic heterocycles. The molecule has 0 aliphatic rings. The molecule has 0 saturated heterocycles. The first-order valence-corrected chi connectivity index (χ1v) is 7.54. The van der Waals surface area contributed by atoms with E-state index in [1.54, 1.807) is 49.6 Å². The Morgan fingerprint density at radius 3 is 2.35 bits per heavy atom. The molecule has 3 aromatic rings. The molecular weight excluding hydrogens is 362 g/mol. The molecule has 0 bridgehead atoms. The molecule has 0 fully saturated rings. The van der Waals surface area contributed by atoms with Crippen molar-refractivity contribution in [1.82, 2.24) is 5.16 Å². The van der Waals surface area contributed by atoms with E-state index in [0.717, 1.165) is 15.8 Å². The van der Waals surface area contributed by atoms with E-state index < -0.39 is 5.97 Å². The van der Waals surface area contributed by atoms with Crippen molar-refractivity contribution in [2.45, 2.75) is 0 Å². The highest BCUT2D eigenvalue weighted by Gasteiger charge is 2.16. The smallest absolute Gasteiger partial charge is 0.365 e. The summed E-state index contributed by atoms with van der Waals surface area (Å²) in [5, 5.41) is 3.76. The van der Waals surface area contributed by atoms with Crippen molar-refractivity contribution < 1.29 is 18.8 Å². The first-order chi connectivity index (χ1) is 11.2. The van der Waals surface area contributed by atoms with E-state index in [4.69, 9.17) is 14.0 Å². The summed E-state index contributed by atoms with van der Waals surface area (Å²) in [6, 6.07) is 15.7. The van der Waals surface area contributed by atoms with Crippen LogP contribution >= 0.6 is 15.9 Å². The van der Waals surface area contributed by atoms with Gasteiger partial charge in [0.25, 0.3) is 0 Å². The van der Waals surface area contributed by atoms with Crippen LogP contribution in [0.25, 0.3) is 11.3 Å². The number of aromatic nitrogens is 1. The van der Waals surface area contributed by atoms with Crippen LogP contribution in [0.4, 0.5) is 0 Å². The van der Waals surface area contributed by atoms with Gasteiger partial charge in [0, 0.05) is 16.1 Å². The van der Waals surface area contributed by atoms with Gasteiger partial charge in [-0.2, -0.15) is 0 Å². The van der Waals surface area contributed by atoms with Gasteiger partial charge in [-0.25, -0.2) is 4.79 Å². The van der Waals surface area contributed by atoms with E-state index in [1.165, 1.54) is 0 Å². The van der Waals surface area contributed by atoms with Gasteiger partial charge in [-0.15, -0.1) is 0 Å². The van der Waals surface area contributed by atoms with Crippen molar-refractivity contribution in [2.24, 2.45) is 0 Å². The van der Waals surface area contributed by atoms with Crippen LogP contribution in [0, 0.1) is 0 Å². The molecule has 2 aromatic carbocycles. The maximum atomic E-state index is 12.1. The summed E-state index contributed by atoms with van der Waals surface area (Å²) in [6.45, 7) is 0. The summed E-state index contributed by atoms with van der Waals surface area (Å²) in [7, 11) is 1.60. The lowest BCUT2D eigenvalue weighted by Crippen LogP contribution is -2.08. The van der Waals surface area contributed by atoms with Gasteiger partial charge in [-0.1, -0.05) is 21.1 Å². The number of benzene rings is 2. The number of carbonyl (C=O) groups is 1. The lowest BCUT2D eigenvalue weighted by atomic mass is 10.1. The minimum Gasteiger partial charge on any atom is -0.497 e. The largest absolute Gasteiger partial charge is 0.497 e. The van der Waals surface area contributed by atoms with Gasteiger partial charge < -0.3 is 14.0 Å². The fraction of sp³-hybridized carbons (Fsp3) is 0.0588. The number of halogens is 1. The Labute approximate surface area is 140 Å². The summed E-state index contributed by atoms with van der Waals surface area (Å²) in [4.78, 5) is 12.1. The molecule has 0 N–H and O–H groups in total. The first-order valence-electron chi connectivity index (χ1n) is 6.74. The second kappa shape index (κ2) is 6.66. The normalized spacial score (nSPS) is 10.3. The molecule has 1 aromatic heterocycles. The van der Waals surface area contributed by atoms with Crippen molar-refractivity contribution in [2.75, 3.05) is 7.11 Å². The zero-order chi connectivity index (χ0) is 16.2. The van der Waals surface area contributed by atoms with Crippen LogP contribution in [0.3, 0.4) is 0 Å². The Bertz CT molecular complexity index is 809. The highest BCUT2D eigenvalue weighted by molar-refractivity contribution is 9.10. The summed E-state index contributed by atoms with van der Waals surface area (Å²) < 4.78 is 16.4. The quantitative estimate of drug-likeness (QED) is 0.503. The lowest BCUT2D eigenvalue weighted by molar-refractivity contribution is 0.0724. The summed E-state index contributed by atoms with van der Waals surface area (Å²) in [6.07, 6.45) is 0. The average Bonchev–Trinajstić information content (AvgIpc) is 3.07. The number of methoxy groups -OCH3 is 1. The van der Waals surface area contributed by atoms with Crippen LogP contribution in [-0.2, 0) is 0 Å². The van der Waals surface area contributed by atoms with Gasteiger partial charge in [-0.3, -0.25) is 0 Å². The Morgan fingerprint density at radius 1 is 1.04 bits per heavy atom. The van der Waals surface area contributed by atoms with E-state index in [9.17, 15) is 4.79 Å². The SMILES string of the molecule is COc1ccc(-c2cc(C(=O)Oc3ccc(Br)cc3)no2)cc1. The Kier molecular flexibility index (Phi) is 4.43. The van der Waals surface area contributed by atoms with Crippen molar-refractivity contribution in [3.8, 4) is 22.8 Å². The molecule has 0 unspecified atom stereocenters. The van der Waals surface area contributed by atoms with E-state index in [-0.39, 0.29) is 5.69 Å². The molecule has 6 heteroatoms. The van der Waals surface area contributed by atoms with Crippen molar-refractivity contribution >= 4 is 21.9 Å². The molecule has 0 atom stereocenters. The topological polar surface area (TPSA) is 61.6 Å². The van der Waals surface area contributed by atoms with Crippen LogP contribution < -0.4 is 9.47 Å². The van der Waals surface area contributed by atoms with Gasteiger partial charge in [0.2, 0.25) is 0 Å². The monoisotopic (exact) mass is 373 g/mol. The maximum absolute atomic E-state index is 12.1. The molecule has 0 saturated carbocycles. The molecular formula is C17H12BrNO4. The third-order valence-corrected chi connectivity index (χ3v) is 3.65. The van der Waals surface area contributed by atoms with Gasteiger partial charge >= 0.3 is 5.97 Å². The van der Waals surface area contributed by atoms with Crippen LogP contribution in [0.15, 0.2) is 63.6 Å². The lowest BCUT2D eigenvalue weighted by Gasteiger charge is -2.01. The molecule has 23 heavy (non-hydrogen) atoms. The van der Waals surface area contributed by atoms with E-state index in [0.29, 0.717) is 11.5 Å². The third-order valence-electron chi connectivity index (χ3n) is 3.12. The average molecular weight is 374 g/mol. The zero-order valence-electron chi connectivity index (χ0n) is 12.2.